The molecule has 0 atom stereocenters. The van der Waals surface area contributed by atoms with Crippen LogP contribution in [0.3, 0.4) is 0 Å². The second-order valence-electron chi connectivity index (χ2n) is 4.96. The van der Waals surface area contributed by atoms with Crippen LogP contribution in [0.4, 0.5) is 0 Å². The number of ketones is 1. The molecule has 0 saturated heterocycles. The zero-order valence-corrected chi connectivity index (χ0v) is 11.0. The van der Waals surface area contributed by atoms with E-state index in [0.717, 1.165) is 47.5 Å². The van der Waals surface area contributed by atoms with Gasteiger partial charge in [0.05, 0.1) is 0 Å². The van der Waals surface area contributed by atoms with E-state index >= 15 is 0 Å². The third-order valence-electron chi connectivity index (χ3n) is 3.52. The molecular formula is C17H16O2. The fourth-order valence-electron chi connectivity index (χ4n) is 2.56. The van der Waals surface area contributed by atoms with Crippen LogP contribution in [0.5, 0.6) is 0 Å². The van der Waals surface area contributed by atoms with Crippen molar-refractivity contribution in [3.63, 3.8) is 0 Å². The van der Waals surface area contributed by atoms with E-state index in [1.807, 2.05) is 49.4 Å². The van der Waals surface area contributed by atoms with Crippen molar-refractivity contribution in [3.8, 4) is 0 Å². The molecular weight excluding hydrogens is 236 g/mol. The van der Waals surface area contributed by atoms with Crippen molar-refractivity contribution in [1.29, 1.82) is 0 Å². The predicted molar refractivity (Wildman–Crippen MR) is 75.1 cm³/mol. The number of aryl methyl sites for hydroxylation is 2. The highest BCUT2D eigenvalue weighted by Crippen LogP contribution is 2.26. The van der Waals surface area contributed by atoms with E-state index in [0.29, 0.717) is 0 Å². The number of rotatable bonds is 1. The molecule has 1 aliphatic carbocycles. The van der Waals surface area contributed by atoms with Crippen molar-refractivity contribution in [1.82, 2.24) is 0 Å². The molecule has 2 aromatic rings. The van der Waals surface area contributed by atoms with Gasteiger partial charge < -0.3 is 4.42 Å². The number of benzene rings is 1. The first-order valence-electron chi connectivity index (χ1n) is 6.63. The predicted octanol–water partition coefficient (Wildman–Crippen LogP) is 4.19. The Labute approximate surface area is 112 Å². The lowest BCUT2D eigenvalue weighted by atomic mass is 9.99. The van der Waals surface area contributed by atoms with E-state index in [-0.39, 0.29) is 5.78 Å². The highest BCUT2D eigenvalue weighted by molar-refractivity contribution is 6.12. The molecule has 0 fully saturated rings. The van der Waals surface area contributed by atoms with Crippen LogP contribution in [-0.2, 0) is 6.42 Å². The van der Waals surface area contributed by atoms with Gasteiger partial charge in [0.2, 0.25) is 0 Å². The van der Waals surface area contributed by atoms with E-state index in [2.05, 4.69) is 0 Å². The topological polar surface area (TPSA) is 30.2 Å². The molecule has 1 heterocycles. The number of carbonyl (C=O) groups is 1. The largest absolute Gasteiger partial charge is 0.462 e. The Kier molecular flexibility index (Phi) is 3.08. The SMILES string of the molecule is Cc1ccc(C=C2CCCc3ccccc3C2=O)o1. The molecule has 96 valence electrons. The van der Waals surface area contributed by atoms with Crippen LogP contribution < -0.4 is 0 Å². The van der Waals surface area contributed by atoms with E-state index in [1.54, 1.807) is 0 Å². The highest BCUT2D eigenvalue weighted by atomic mass is 16.3. The lowest BCUT2D eigenvalue weighted by molar-refractivity contribution is 0.103. The Balaban J connectivity index is 2.00. The first-order chi connectivity index (χ1) is 9.24. The lowest BCUT2D eigenvalue weighted by Gasteiger charge is -2.04. The Bertz CT molecular complexity index is 647. The van der Waals surface area contributed by atoms with Crippen LogP contribution in [0.15, 0.2) is 46.4 Å². The molecule has 0 saturated carbocycles. The molecule has 0 unspecified atom stereocenters. The van der Waals surface area contributed by atoms with Gasteiger partial charge in [-0.1, -0.05) is 24.3 Å². The zero-order valence-electron chi connectivity index (χ0n) is 11.0. The molecule has 2 heteroatoms. The average molecular weight is 252 g/mol. The van der Waals surface area contributed by atoms with Gasteiger partial charge in [-0.2, -0.15) is 0 Å². The van der Waals surface area contributed by atoms with Crippen LogP contribution in [0.25, 0.3) is 6.08 Å². The summed E-state index contributed by atoms with van der Waals surface area (Å²) in [5, 5.41) is 0. The molecule has 19 heavy (non-hydrogen) atoms. The monoisotopic (exact) mass is 252 g/mol. The molecule has 1 aliphatic rings. The minimum absolute atomic E-state index is 0.141. The van der Waals surface area contributed by atoms with E-state index < -0.39 is 0 Å². The first kappa shape index (κ1) is 12.0. The van der Waals surface area contributed by atoms with Gasteiger partial charge >= 0.3 is 0 Å². The number of furan rings is 1. The minimum atomic E-state index is 0.141. The van der Waals surface area contributed by atoms with Crippen LogP contribution in [-0.4, -0.2) is 5.78 Å². The van der Waals surface area contributed by atoms with Crippen LogP contribution in [0, 0.1) is 6.92 Å². The van der Waals surface area contributed by atoms with Gasteiger partial charge in [-0.3, -0.25) is 4.79 Å². The van der Waals surface area contributed by atoms with Crippen molar-refractivity contribution in [2.45, 2.75) is 26.2 Å². The number of hydrogen-bond acceptors (Lipinski definition) is 2. The summed E-state index contributed by atoms with van der Waals surface area (Å²) in [5.74, 6) is 1.77. The number of Topliss-reactive ketones (excluding diaryl/α,β-unsaturated/α-hetero) is 1. The Morgan fingerprint density at radius 2 is 1.95 bits per heavy atom. The average Bonchev–Trinajstić information content (AvgIpc) is 2.75. The summed E-state index contributed by atoms with van der Waals surface area (Å²) >= 11 is 0. The first-order valence-corrected chi connectivity index (χ1v) is 6.63. The third-order valence-corrected chi connectivity index (χ3v) is 3.52. The van der Waals surface area contributed by atoms with Crippen molar-refractivity contribution in [3.05, 3.63) is 64.6 Å². The van der Waals surface area contributed by atoms with Gasteiger partial charge in [-0.05, 0) is 50.0 Å². The number of carbonyl (C=O) groups excluding carboxylic acids is 1. The molecule has 0 amide bonds. The van der Waals surface area contributed by atoms with Gasteiger partial charge in [0, 0.05) is 11.1 Å². The van der Waals surface area contributed by atoms with Crippen LogP contribution >= 0.6 is 0 Å². The Hall–Kier alpha value is -2.09. The summed E-state index contributed by atoms with van der Waals surface area (Å²) in [4.78, 5) is 12.5. The molecule has 1 aromatic heterocycles. The Morgan fingerprint density at radius 3 is 2.74 bits per heavy atom. The third kappa shape index (κ3) is 2.39. The smallest absolute Gasteiger partial charge is 0.189 e. The highest BCUT2D eigenvalue weighted by Gasteiger charge is 2.19. The van der Waals surface area contributed by atoms with Crippen molar-refractivity contribution < 1.29 is 9.21 Å². The number of hydrogen-bond donors (Lipinski definition) is 0. The number of fused-ring (bicyclic) bond motifs is 1. The summed E-state index contributed by atoms with van der Waals surface area (Å²) in [7, 11) is 0. The van der Waals surface area contributed by atoms with E-state index in [4.69, 9.17) is 4.42 Å². The van der Waals surface area contributed by atoms with Crippen molar-refractivity contribution >= 4 is 11.9 Å². The fourth-order valence-corrected chi connectivity index (χ4v) is 2.56. The summed E-state index contributed by atoms with van der Waals surface area (Å²) in [6, 6.07) is 11.7. The quantitative estimate of drug-likeness (QED) is 0.562. The van der Waals surface area contributed by atoms with Crippen LogP contribution in [0.2, 0.25) is 0 Å². The van der Waals surface area contributed by atoms with Gasteiger partial charge in [0.25, 0.3) is 0 Å². The van der Waals surface area contributed by atoms with Gasteiger partial charge in [-0.25, -0.2) is 0 Å². The summed E-state index contributed by atoms with van der Waals surface area (Å²) in [5.41, 5.74) is 2.85. The summed E-state index contributed by atoms with van der Waals surface area (Å²) in [6.07, 6.45) is 4.68. The van der Waals surface area contributed by atoms with Gasteiger partial charge in [0.15, 0.2) is 5.78 Å². The second kappa shape index (κ2) is 4.88. The van der Waals surface area contributed by atoms with Gasteiger partial charge in [0.1, 0.15) is 11.5 Å². The maximum absolute atomic E-state index is 12.5. The lowest BCUT2D eigenvalue weighted by Crippen LogP contribution is -2.03. The number of allylic oxidation sites excluding steroid dienone is 1. The van der Waals surface area contributed by atoms with Crippen molar-refractivity contribution in [2.75, 3.05) is 0 Å². The summed E-state index contributed by atoms with van der Waals surface area (Å²) < 4.78 is 5.53. The maximum atomic E-state index is 12.5. The molecule has 0 radical (unpaired) electrons. The van der Waals surface area contributed by atoms with Crippen molar-refractivity contribution in [2.24, 2.45) is 0 Å². The molecule has 0 bridgehead atoms. The standard InChI is InChI=1S/C17H16O2/c1-12-9-10-15(19-12)11-14-7-4-6-13-5-2-3-8-16(13)17(14)18/h2-3,5,8-11H,4,6-7H2,1H3. The summed E-state index contributed by atoms with van der Waals surface area (Å²) in [6.45, 7) is 1.91. The normalized spacial score (nSPS) is 17.3. The van der Waals surface area contributed by atoms with Gasteiger partial charge in [-0.15, -0.1) is 0 Å². The van der Waals surface area contributed by atoms with Crippen LogP contribution in [0.1, 0.15) is 40.3 Å². The molecule has 0 spiro atoms. The molecule has 1 aromatic carbocycles. The van der Waals surface area contributed by atoms with E-state index in [1.165, 1.54) is 0 Å². The molecule has 0 N–H and O–H groups in total. The van der Waals surface area contributed by atoms with E-state index in [9.17, 15) is 4.79 Å². The second-order valence-corrected chi connectivity index (χ2v) is 4.96. The minimum Gasteiger partial charge on any atom is -0.462 e. The zero-order chi connectivity index (χ0) is 13.2. The molecule has 2 nitrogen and oxygen atoms in total. The molecule has 0 aliphatic heterocycles. The Morgan fingerprint density at radius 1 is 1.11 bits per heavy atom. The fraction of sp³-hybridized carbons (Fsp3) is 0.235. The molecule has 3 rings (SSSR count). The maximum Gasteiger partial charge on any atom is 0.189 e.